The predicted octanol–water partition coefficient (Wildman–Crippen LogP) is 2.00. The van der Waals surface area contributed by atoms with Crippen LogP contribution in [0.1, 0.15) is 39.2 Å². The van der Waals surface area contributed by atoms with Crippen LogP contribution in [0.5, 0.6) is 0 Å². The van der Waals surface area contributed by atoms with E-state index in [9.17, 15) is 13.2 Å². The molecule has 7 heteroatoms. The van der Waals surface area contributed by atoms with Crippen molar-refractivity contribution in [2.45, 2.75) is 50.0 Å². The van der Waals surface area contributed by atoms with Crippen molar-refractivity contribution in [2.24, 2.45) is 0 Å². The summed E-state index contributed by atoms with van der Waals surface area (Å²) in [5.74, 6) is -0.0966. The number of hydrogen-bond acceptors (Lipinski definition) is 4. The van der Waals surface area contributed by atoms with Gasteiger partial charge in [0.25, 0.3) is 0 Å². The Morgan fingerprint density at radius 3 is 2.27 bits per heavy atom. The molecular weight excluding hydrogens is 352 g/mol. The number of nitrogens with zero attached hydrogens (tertiary/aromatic N) is 2. The molecule has 26 heavy (non-hydrogen) atoms. The SMILES string of the molecule is CC(C)(C)c1ccc(S(=O)(=O)N2CCC[C@@H]2C(=O)N2CCOCC2)cc1. The fraction of sp³-hybridized carbons (Fsp3) is 0.632. The summed E-state index contributed by atoms with van der Waals surface area (Å²) in [7, 11) is -3.68. The number of rotatable bonds is 3. The number of morpholine rings is 1. The number of carbonyl (C=O) groups is 1. The Labute approximate surface area is 156 Å². The first-order valence-corrected chi connectivity index (χ1v) is 10.6. The van der Waals surface area contributed by atoms with Crippen LogP contribution in [-0.2, 0) is 25.0 Å². The molecule has 0 saturated carbocycles. The number of carbonyl (C=O) groups excluding carboxylic acids is 1. The quantitative estimate of drug-likeness (QED) is 0.804. The number of sulfonamides is 1. The first-order chi connectivity index (χ1) is 12.2. The average Bonchev–Trinajstić information content (AvgIpc) is 3.12. The van der Waals surface area contributed by atoms with E-state index in [1.165, 1.54) is 4.31 Å². The van der Waals surface area contributed by atoms with Gasteiger partial charge in [0.2, 0.25) is 15.9 Å². The first kappa shape index (κ1) is 19.3. The van der Waals surface area contributed by atoms with Crippen LogP contribution in [0.25, 0.3) is 0 Å². The monoisotopic (exact) mass is 380 g/mol. The van der Waals surface area contributed by atoms with E-state index in [1.54, 1.807) is 17.0 Å². The maximum absolute atomic E-state index is 13.1. The van der Waals surface area contributed by atoms with E-state index in [4.69, 9.17) is 4.74 Å². The van der Waals surface area contributed by atoms with Gasteiger partial charge in [0.05, 0.1) is 18.1 Å². The largest absolute Gasteiger partial charge is 0.378 e. The summed E-state index contributed by atoms with van der Waals surface area (Å²) in [4.78, 5) is 14.8. The fourth-order valence-corrected chi connectivity index (χ4v) is 5.18. The second-order valence-electron chi connectivity index (χ2n) is 7.99. The number of benzene rings is 1. The smallest absolute Gasteiger partial charge is 0.243 e. The Balaban J connectivity index is 1.82. The van der Waals surface area contributed by atoms with Gasteiger partial charge in [-0.15, -0.1) is 0 Å². The molecule has 0 radical (unpaired) electrons. The van der Waals surface area contributed by atoms with Gasteiger partial charge >= 0.3 is 0 Å². The third kappa shape index (κ3) is 3.80. The lowest BCUT2D eigenvalue weighted by molar-refractivity contribution is -0.138. The van der Waals surface area contributed by atoms with Crippen LogP contribution in [0.3, 0.4) is 0 Å². The van der Waals surface area contributed by atoms with Crippen LogP contribution < -0.4 is 0 Å². The van der Waals surface area contributed by atoms with Gasteiger partial charge in [0.15, 0.2) is 0 Å². The van der Waals surface area contributed by atoms with Crippen molar-refractivity contribution >= 4 is 15.9 Å². The summed E-state index contributed by atoms with van der Waals surface area (Å²) >= 11 is 0. The summed E-state index contributed by atoms with van der Waals surface area (Å²) in [5.41, 5.74) is 1.05. The lowest BCUT2D eigenvalue weighted by Crippen LogP contribution is -2.50. The lowest BCUT2D eigenvalue weighted by atomic mass is 9.87. The number of amides is 1. The second-order valence-corrected chi connectivity index (χ2v) is 9.88. The normalized spacial score (nSPS) is 22.6. The van der Waals surface area contributed by atoms with E-state index >= 15 is 0 Å². The molecule has 2 aliphatic heterocycles. The number of hydrogen-bond donors (Lipinski definition) is 0. The molecule has 0 aliphatic carbocycles. The van der Waals surface area contributed by atoms with Crippen LogP contribution in [0.15, 0.2) is 29.2 Å². The second kappa shape index (κ2) is 7.29. The molecular formula is C19H28N2O4S. The molecule has 144 valence electrons. The van der Waals surface area contributed by atoms with Crippen molar-refractivity contribution < 1.29 is 17.9 Å². The summed E-state index contributed by atoms with van der Waals surface area (Å²) < 4.78 is 32.9. The van der Waals surface area contributed by atoms with Gasteiger partial charge < -0.3 is 9.64 Å². The van der Waals surface area contributed by atoms with E-state index in [0.29, 0.717) is 45.7 Å². The molecule has 0 N–H and O–H groups in total. The van der Waals surface area contributed by atoms with E-state index in [2.05, 4.69) is 20.8 Å². The van der Waals surface area contributed by atoms with Crippen LogP contribution in [0, 0.1) is 0 Å². The molecule has 2 heterocycles. The van der Waals surface area contributed by atoms with Gasteiger partial charge in [-0.2, -0.15) is 4.31 Å². The molecule has 1 aromatic rings. The molecule has 3 rings (SSSR count). The Hall–Kier alpha value is -1.44. The fourth-order valence-electron chi connectivity index (χ4n) is 3.53. The standard InChI is InChI=1S/C19H28N2O4S/c1-19(2,3)15-6-8-16(9-7-15)26(23,24)21-10-4-5-17(21)18(22)20-11-13-25-14-12-20/h6-9,17H,4-5,10-14H2,1-3H3/t17-/m1/s1. The van der Waals surface area contributed by atoms with Gasteiger partial charge in [-0.3, -0.25) is 4.79 Å². The van der Waals surface area contributed by atoms with Crippen molar-refractivity contribution in [3.63, 3.8) is 0 Å². The van der Waals surface area contributed by atoms with Crippen molar-refractivity contribution in [3.05, 3.63) is 29.8 Å². The zero-order valence-electron chi connectivity index (χ0n) is 15.8. The molecule has 0 bridgehead atoms. The van der Waals surface area contributed by atoms with Gasteiger partial charge in [-0.25, -0.2) is 8.42 Å². The topological polar surface area (TPSA) is 66.9 Å². The van der Waals surface area contributed by atoms with Gasteiger partial charge in [0, 0.05) is 19.6 Å². The maximum Gasteiger partial charge on any atom is 0.243 e. The summed E-state index contributed by atoms with van der Waals surface area (Å²) in [6.07, 6.45) is 1.29. The predicted molar refractivity (Wildman–Crippen MR) is 99.5 cm³/mol. The first-order valence-electron chi connectivity index (χ1n) is 9.20. The van der Waals surface area contributed by atoms with Crippen LogP contribution in [-0.4, -0.2) is 62.4 Å². The van der Waals surface area contributed by atoms with Gasteiger partial charge in [-0.05, 0) is 36.0 Å². The Bertz CT molecular complexity index is 747. The highest BCUT2D eigenvalue weighted by molar-refractivity contribution is 7.89. The molecule has 6 nitrogen and oxygen atoms in total. The molecule has 2 saturated heterocycles. The highest BCUT2D eigenvalue weighted by Gasteiger charge is 2.41. The highest BCUT2D eigenvalue weighted by Crippen LogP contribution is 2.29. The van der Waals surface area contributed by atoms with Gasteiger partial charge in [-0.1, -0.05) is 32.9 Å². The molecule has 1 aromatic carbocycles. The number of ether oxygens (including phenoxy) is 1. The molecule has 0 unspecified atom stereocenters. The van der Waals surface area contributed by atoms with Crippen LogP contribution >= 0.6 is 0 Å². The van der Waals surface area contributed by atoms with E-state index in [-0.39, 0.29) is 16.2 Å². The molecule has 2 fully saturated rings. The minimum Gasteiger partial charge on any atom is -0.378 e. The Morgan fingerprint density at radius 2 is 1.69 bits per heavy atom. The van der Waals surface area contributed by atoms with Gasteiger partial charge in [0.1, 0.15) is 6.04 Å². The van der Waals surface area contributed by atoms with Crippen molar-refractivity contribution in [1.82, 2.24) is 9.21 Å². The lowest BCUT2D eigenvalue weighted by Gasteiger charge is -2.32. The molecule has 1 amide bonds. The Kier molecular flexibility index (Phi) is 5.42. The zero-order chi connectivity index (χ0) is 18.9. The third-order valence-corrected chi connectivity index (χ3v) is 7.06. The molecule has 0 spiro atoms. The van der Waals surface area contributed by atoms with Crippen LogP contribution in [0.4, 0.5) is 0 Å². The summed E-state index contributed by atoms with van der Waals surface area (Å²) in [6.45, 7) is 8.76. The third-order valence-electron chi connectivity index (χ3n) is 5.14. The minimum absolute atomic E-state index is 0.0369. The van der Waals surface area contributed by atoms with E-state index in [0.717, 1.165) is 5.56 Å². The Morgan fingerprint density at radius 1 is 1.08 bits per heavy atom. The summed E-state index contributed by atoms with van der Waals surface area (Å²) in [6, 6.07) is 6.44. The minimum atomic E-state index is -3.68. The average molecular weight is 381 g/mol. The maximum atomic E-state index is 13.1. The van der Waals surface area contributed by atoms with Crippen molar-refractivity contribution in [1.29, 1.82) is 0 Å². The van der Waals surface area contributed by atoms with Crippen molar-refractivity contribution in [2.75, 3.05) is 32.8 Å². The van der Waals surface area contributed by atoms with Crippen LogP contribution in [0.2, 0.25) is 0 Å². The van der Waals surface area contributed by atoms with E-state index < -0.39 is 16.1 Å². The molecule has 2 aliphatic rings. The molecule has 0 aromatic heterocycles. The zero-order valence-corrected chi connectivity index (χ0v) is 16.6. The molecule has 1 atom stereocenters. The highest BCUT2D eigenvalue weighted by atomic mass is 32.2. The van der Waals surface area contributed by atoms with Crippen molar-refractivity contribution in [3.8, 4) is 0 Å². The summed E-state index contributed by atoms with van der Waals surface area (Å²) in [5, 5.41) is 0. The van der Waals surface area contributed by atoms with E-state index in [1.807, 2.05) is 12.1 Å².